The lowest BCUT2D eigenvalue weighted by Crippen LogP contribution is -2.23. The van der Waals surface area contributed by atoms with Gasteiger partial charge in [0.05, 0.1) is 25.5 Å². The van der Waals surface area contributed by atoms with Crippen LogP contribution in [0.15, 0.2) is 85.1 Å². The van der Waals surface area contributed by atoms with E-state index in [1.165, 1.54) is 0 Å². The van der Waals surface area contributed by atoms with Crippen LogP contribution in [0.4, 0.5) is 0 Å². The fourth-order valence-electron chi connectivity index (χ4n) is 3.31. The highest BCUT2D eigenvalue weighted by Gasteiger charge is 2.21. The summed E-state index contributed by atoms with van der Waals surface area (Å²) in [6, 6.07) is 24.8. The van der Waals surface area contributed by atoms with E-state index in [9.17, 15) is 4.79 Å². The SMILES string of the molecule is COc1ccc(CNC(=O)c2cn(-c3ccccc3)nc2-c2ccccc2OC)cc1. The first-order chi connectivity index (χ1) is 15.2. The fraction of sp³-hybridized carbons (Fsp3) is 0.120. The van der Waals surface area contributed by atoms with E-state index < -0.39 is 0 Å². The van der Waals surface area contributed by atoms with E-state index in [4.69, 9.17) is 14.6 Å². The van der Waals surface area contributed by atoms with Gasteiger partial charge in [-0.3, -0.25) is 4.79 Å². The lowest BCUT2D eigenvalue weighted by atomic mass is 10.1. The van der Waals surface area contributed by atoms with E-state index in [-0.39, 0.29) is 5.91 Å². The maximum atomic E-state index is 13.1. The van der Waals surface area contributed by atoms with E-state index in [2.05, 4.69) is 5.32 Å². The first kappa shape index (κ1) is 20.2. The van der Waals surface area contributed by atoms with Crippen molar-refractivity contribution in [1.82, 2.24) is 15.1 Å². The number of carbonyl (C=O) groups is 1. The predicted octanol–water partition coefficient (Wildman–Crippen LogP) is 4.49. The van der Waals surface area contributed by atoms with Gasteiger partial charge < -0.3 is 14.8 Å². The number of nitrogens with one attached hydrogen (secondary N) is 1. The average molecular weight is 413 g/mol. The van der Waals surface area contributed by atoms with Gasteiger partial charge in [0, 0.05) is 18.3 Å². The van der Waals surface area contributed by atoms with Gasteiger partial charge in [0.2, 0.25) is 0 Å². The molecule has 4 aromatic rings. The third-order valence-electron chi connectivity index (χ3n) is 4.95. The molecule has 1 heterocycles. The van der Waals surface area contributed by atoms with Crippen molar-refractivity contribution in [2.75, 3.05) is 14.2 Å². The normalized spacial score (nSPS) is 10.5. The van der Waals surface area contributed by atoms with Gasteiger partial charge in [0.15, 0.2) is 0 Å². The summed E-state index contributed by atoms with van der Waals surface area (Å²) in [5, 5.41) is 7.71. The van der Waals surface area contributed by atoms with Crippen molar-refractivity contribution in [1.29, 1.82) is 0 Å². The zero-order valence-electron chi connectivity index (χ0n) is 17.4. The van der Waals surface area contributed by atoms with Crippen LogP contribution in [0.3, 0.4) is 0 Å². The molecular weight excluding hydrogens is 390 g/mol. The van der Waals surface area contributed by atoms with Gasteiger partial charge in [-0.1, -0.05) is 42.5 Å². The van der Waals surface area contributed by atoms with E-state index in [1.807, 2.05) is 78.9 Å². The molecule has 0 unspecified atom stereocenters. The summed E-state index contributed by atoms with van der Waals surface area (Å²) in [6.07, 6.45) is 1.75. The van der Waals surface area contributed by atoms with Crippen LogP contribution in [0.2, 0.25) is 0 Å². The second kappa shape index (κ2) is 9.17. The van der Waals surface area contributed by atoms with Gasteiger partial charge in [-0.2, -0.15) is 5.10 Å². The minimum atomic E-state index is -0.209. The molecular formula is C25H23N3O3. The van der Waals surface area contributed by atoms with Crippen LogP contribution in [0, 0.1) is 0 Å². The summed E-state index contributed by atoms with van der Waals surface area (Å²) in [7, 11) is 3.23. The maximum Gasteiger partial charge on any atom is 0.255 e. The van der Waals surface area contributed by atoms with E-state index >= 15 is 0 Å². The Hall–Kier alpha value is -4.06. The van der Waals surface area contributed by atoms with Crippen LogP contribution in [-0.4, -0.2) is 29.9 Å². The quantitative estimate of drug-likeness (QED) is 0.485. The fourth-order valence-corrected chi connectivity index (χ4v) is 3.31. The zero-order chi connectivity index (χ0) is 21.6. The number of amides is 1. The molecule has 0 spiro atoms. The molecule has 0 aliphatic rings. The topological polar surface area (TPSA) is 65.4 Å². The van der Waals surface area contributed by atoms with Gasteiger partial charge in [0.1, 0.15) is 17.2 Å². The minimum Gasteiger partial charge on any atom is -0.497 e. The first-order valence-corrected chi connectivity index (χ1v) is 9.89. The molecule has 1 aromatic heterocycles. The van der Waals surface area contributed by atoms with Crippen LogP contribution in [0.5, 0.6) is 11.5 Å². The van der Waals surface area contributed by atoms with Crippen LogP contribution in [0.25, 0.3) is 16.9 Å². The smallest absolute Gasteiger partial charge is 0.255 e. The molecule has 0 fully saturated rings. The maximum absolute atomic E-state index is 13.1. The van der Waals surface area contributed by atoms with Crippen molar-refractivity contribution < 1.29 is 14.3 Å². The van der Waals surface area contributed by atoms with Crippen LogP contribution < -0.4 is 14.8 Å². The molecule has 1 N–H and O–H groups in total. The molecule has 6 nitrogen and oxygen atoms in total. The molecule has 0 bridgehead atoms. The summed E-state index contributed by atoms with van der Waals surface area (Å²) < 4.78 is 12.4. The number of methoxy groups -OCH3 is 2. The molecule has 0 aliphatic heterocycles. The first-order valence-electron chi connectivity index (χ1n) is 9.89. The van der Waals surface area contributed by atoms with Crippen molar-refractivity contribution in [3.05, 3.63) is 96.2 Å². The van der Waals surface area contributed by atoms with Crippen LogP contribution in [0.1, 0.15) is 15.9 Å². The molecule has 4 rings (SSSR count). The molecule has 0 aliphatic carbocycles. The number of ether oxygens (including phenoxy) is 2. The van der Waals surface area contributed by atoms with E-state index in [0.717, 1.165) is 22.6 Å². The van der Waals surface area contributed by atoms with Gasteiger partial charge in [0.25, 0.3) is 5.91 Å². The Morgan fingerprint density at radius 1 is 0.903 bits per heavy atom. The van der Waals surface area contributed by atoms with Gasteiger partial charge in [-0.25, -0.2) is 4.68 Å². The predicted molar refractivity (Wildman–Crippen MR) is 120 cm³/mol. The number of hydrogen-bond donors (Lipinski definition) is 1. The van der Waals surface area contributed by atoms with Gasteiger partial charge in [-0.15, -0.1) is 0 Å². The summed E-state index contributed by atoms with van der Waals surface area (Å²) >= 11 is 0. The highest BCUT2D eigenvalue weighted by molar-refractivity contribution is 6.00. The third-order valence-corrected chi connectivity index (χ3v) is 4.95. The van der Waals surface area contributed by atoms with Crippen molar-refractivity contribution in [3.63, 3.8) is 0 Å². The average Bonchev–Trinajstić information content (AvgIpc) is 3.29. The largest absolute Gasteiger partial charge is 0.497 e. The molecule has 0 radical (unpaired) electrons. The van der Waals surface area contributed by atoms with Crippen molar-refractivity contribution in [3.8, 4) is 28.4 Å². The molecule has 0 saturated carbocycles. The second-order valence-corrected chi connectivity index (χ2v) is 6.90. The Kier molecular flexibility index (Phi) is 5.98. The van der Waals surface area contributed by atoms with E-state index in [1.54, 1.807) is 25.1 Å². The molecule has 31 heavy (non-hydrogen) atoms. The number of rotatable bonds is 7. The number of hydrogen-bond acceptors (Lipinski definition) is 4. The Balaban J connectivity index is 1.67. The minimum absolute atomic E-state index is 0.209. The highest BCUT2D eigenvalue weighted by Crippen LogP contribution is 2.31. The Morgan fingerprint density at radius 2 is 1.61 bits per heavy atom. The number of aromatic nitrogens is 2. The van der Waals surface area contributed by atoms with E-state index in [0.29, 0.717) is 23.6 Å². The van der Waals surface area contributed by atoms with Gasteiger partial charge in [-0.05, 0) is 42.0 Å². The standard InChI is InChI=1S/C25H23N3O3/c1-30-20-14-12-18(13-15-20)16-26-25(29)22-17-28(19-8-4-3-5-9-19)27-24(22)21-10-6-7-11-23(21)31-2/h3-15,17H,16H2,1-2H3,(H,26,29). The van der Waals surface area contributed by atoms with Crippen molar-refractivity contribution in [2.45, 2.75) is 6.54 Å². The molecule has 156 valence electrons. The molecule has 0 saturated heterocycles. The number of nitrogens with zero attached hydrogens (tertiary/aromatic N) is 2. The second-order valence-electron chi connectivity index (χ2n) is 6.90. The zero-order valence-corrected chi connectivity index (χ0v) is 17.4. The summed E-state index contributed by atoms with van der Waals surface area (Å²) in [4.78, 5) is 13.1. The van der Waals surface area contributed by atoms with Gasteiger partial charge >= 0.3 is 0 Å². The monoisotopic (exact) mass is 413 g/mol. The lowest BCUT2D eigenvalue weighted by Gasteiger charge is -2.09. The highest BCUT2D eigenvalue weighted by atomic mass is 16.5. The van der Waals surface area contributed by atoms with Crippen LogP contribution >= 0.6 is 0 Å². The third kappa shape index (κ3) is 4.43. The summed E-state index contributed by atoms with van der Waals surface area (Å²) in [6.45, 7) is 0.394. The molecule has 0 atom stereocenters. The molecule has 1 amide bonds. The Labute approximate surface area is 181 Å². The number of carbonyl (C=O) groups excluding carboxylic acids is 1. The van der Waals surface area contributed by atoms with Crippen molar-refractivity contribution in [2.24, 2.45) is 0 Å². The molecule has 3 aromatic carbocycles. The molecule has 6 heteroatoms. The Bertz CT molecular complexity index is 1170. The number of para-hydroxylation sites is 2. The lowest BCUT2D eigenvalue weighted by molar-refractivity contribution is 0.0951. The Morgan fingerprint density at radius 3 is 2.32 bits per heavy atom. The number of benzene rings is 3. The summed E-state index contributed by atoms with van der Waals surface area (Å²) in [5.74, 6) is 1.22. The summed E-state index contributed by atoms with van der Waals surface area (Å²) in [5.41, 5.74) is 3.64. The van der Waals surface area contributed by atoms with Crippen molar-refractivity contribution >= 4 is 5.91 Å². The van der Waals surface area contributed by atoms with Crippen LogP contribution in [-0.2, 0) is 6.54 Å².